The molecule has 3 rings (SSSR count). The summed E-state index contributed by atoms with van der Waals surface area (Å²) in [5.74, 6) is -0.444. The number of fused-ring (bicyclic) bond motifs is 1. The number of carbonyl (C=O) groups is 1. The molecule has 0 saturated heterocycles. The third kappa shape index (κ3) is 1.98. The summed E-state index contributed by atoms with van der Waals surface area (Å²) in [5, 5.41) is 8.45. The van der Waals surface area contributed by atoms with E-state index in [9.17, 15) is 4.79 Å². The minimum absolute atomic E-state index is 0.404. The van der Waals surface area contributed by atoms with Crippen molar-refractivity contribution in [2.24, 2.45) is 0 Å². The lowest BCUT2D eigenvalue weighted by molar-refractivity contribution is 0.0606. The normalized spacial score (nSPS) is 10.9. The van der Waals surface area contributed by atoms with Gasteiger partial charge in [0.2, 0.25) is 0 Å². The minimum atomic E-state index is -0.444. The van der Waals surface area contributed by atoms with Gasteiger partial charge in [-0.05, 0) is 0 Å². The number of thiophene rings is 1. The monoisotopic (exact) mass is 353 g/mol. The fourth-order valence-corrected chi connectivity index (χ4v) is 3.16. The summed E-state index contributed by atoms with van der Waals surface area (Å²) in [4.78, 5) is 21.5. The number of aromatic nitrogens is 5. The third-order valence-electron chi connectivity index (χ3n) is 2.64. The summed E-state index contributed by atoms with van der Waals surface area (Å²) < 4.78 is 6.40. The highest BCUT2D eigenvalue weighted by molar-refractivity contribution is 9.08. The van der Waals surface area contributed by atoms with Crippen LogP contribution in [0.1, 0.15) is 15.4 Å². The second-order valence-electron chi connectivity index (χ2n) is 3.75. The van der Waals surface area contributed by atoms with E-state index in [2.05, 4.69) is 36.2 Å². The molecule has 0 aliphatic rings. The van der Waals surface area contributed by atoms with E-state index in [1.165, 1.54) is 18.4 Å². The maximum Gasteiger partial charge on any atom is 0.350 e. The number of halogens is 1. The summed E-state index contributed by atoms with van der Waals surface area (Å²) in [7, 11) is 1.34. The molecule has 0 spiro atoms. The van der Waals surface area contributed by atoms with E-state index in [0.29, 0.717) is 26.2 Å². The summed E-state index contributed by atoms with van der Waals surface area (Å²) in [6.45, 7) is 0. The minimum Gasteiger partial charge on any atom is -0.465 e. The maximum atomic E-state index is 12.0. The van der Waals surface area contributed by atoms with Crippen LogP contribution < -0.4 is 0 Å². The van der Waals surface area contributed by atoms with Crippen molar-refractivity contribution in [3.05, 3.63) is 29.2 Å². The quantitative estimate of drug-likeness (QED) is 0.528. The van der Waals surface area contributed by atoms with Gasteiger partial charge in [-0.25, -0.2) is 19.4 Å². The number of carbonyl (C=O) groups excluding carboxylic acids is 1. The molecule has 0 fully saturated rings. The van der Waals surface area contributed by atoms with Gasteiger partial charge in [0.15, 0.2) is 0 Å². The number of hydrogen-bond acceptors (Lipinski definition) is 7. The van der Waals surface area contributed by atoms with Crippen molar-refractivity contribution < 1.29 is 9.53 Å². The Morgan fingerprint density at radius 3 is 3.00 bits per heavy atom. The van der Waals surface area contributed by atoms with Crippen molar-refractivity contribution in [3.63, 3.8) is 0 Å². The van der Waals surface area contributed by atoms with Crippen LogP contribution in [0.15, 0.2) is 18.6 Å². The highest BCUT2D eigenvalue weighted by atomic mass is 79.9. The Morgan fingerprint density at radius 2 is 2.25 bits per heavy atom. The second kappa shape index (κ2) is 5.25. The summed E-state index contributed by atoms with van der Waals surface area (Å²) in [6, 6.07) is 0. The van der Waals surface area contributed by atoms with E-state index in [1.54, 1.807) is 23.3 Å². The molecular weight excluding hydrogens is 346 g/mol. The SMILES string of the molecule is COC(=O)c1sc2nccnc2c1-n1nncc1CBr. The fraction of sp³-hybridized carbons (Fsp3) is 0.182. The first kappa shape index (κ1) is 13.1. The Bertz CT molecular complexity index is 784. The molecule has 3 aromatic heterocycles. The topological polar surface area (TPSA) is 82.8 Å². The van der Waals surface area contributed by atoms with Gasteiger partial charge in [-0.2, -0.15) is 0 Å². The van der Waals surface area contributed by atoms with Gasteiger partial charge in [-0.3, -0.25) is 0 Å². The molecule has 0 aliphatic carbocycles. The lowest BCUT2D eigenvalue weighted by atomic mass is 10.3. The number of esters is 1. The number of alkyl halides is 1. The van der Waals surface area contributed by atoms with Crippen LogP contribution in [0.2, 0.25) is 0 Å². The predicted octanol–water partition coefficient (Wildman–Crippen LogP) is 1.95. The van der Waals surface area contributed by atoms with Crippen LogP contribution in [0.3, 0.4) is 0 Å². The number of ether oxygens (including phenoxy) is 1. The highest BCUT2D eigenvalue weighted by Gasteiger charge is 2.24. The van der Waals surface area contributed by atoms with Crippen LogP contribution in [0, 0.1) is 0 Å². The molecule has 0 N–H and O–H groups in total. The van der Waals surface area contributed by atoms with E-state index >= 15 is 0 Å². The van der Waals surface area contributed by atoms with Gasteiger partial charge in [0, 0.05) is 17.7 Å². The van der Waals surface area contributed by atoms with Crippen molar-refractivity contribution >= 4 is 43.6 Å². The Labute approximate surface area is 125 Å². The molecule has 0 unspecified atom stereocenters. The Balaban J connectivity index is 2.34. The lowest BCUT2D eigenvalue weighted by Crippen LogP contribution is -2.08. The van der Waals surface area contributed by atoms with Crippen LogP contribution in [0.5, 0.6) is 0 Å². The van der Waals surface area contributed by atoms with Crippen molar-refractivity contribution in [3.8, 4) is 5.69 Å². The number of hydrogen-bond donors (Lipinski definition) is 0. The fourth-order valence-electron chi connectivity index (χ4n) is 1.78. The number of methoxy groups -OCH3 is 1. The Hall–Kier alpha value is -1.87. The van der Waals surface area contributed by atoms with E-state index in [4.69, 9.17) is 4.74 Å². The second-order valence-corrected chi connectivity index (χ2v) is 5.31. The number of rotatable bonds is 3. The van der Waals surface area contributed by atoms with E-state index in [0.717, 1.165) is 5.69 Å². The molecule has 0 radical (unpaired) electrons. The smallest absolute Gasteiger partial charge is 0.350 e. The van der Waals surface area contributed by atoms with Gasteiger partial charge in [0.1, 0.15) is 20.9 Å². The van der Waals surface area contributed by atoms with Crippen LogP contribution in [-0.2, 0) is 10.1 Å². The lowest BCUT2D eigenvalue weighted by Gasteiger charge is -2.04. The van der Waals surface area contributed by atoms with Gasteiger partial charge in [-0.1, -0.05) is 21.1 Å². The molecule has 7 nitrogen and oxygen atoms in total. The van der Waals surface area contributed by atoms with Crippen LogP contribution >= 0.6 is 27.3 Å². The Morgan fingerprint density at radius 1 is 1.45 bits per heavy atom. The highest BCUT2D eigenvalue weighted by Crippen LogP contribution is 2.32. The molecule has 0 saturated carbocycles. The molecule has 0 atom stereocenters. The molecule has 9 heteroatoms. The first-order chi connectivity index (χ1) is 9.76. The summed E-state index contributed by atoms with van der Waals surface area (Å²) in [5.41, 5.74) is 1.96. The van der Waals surface area contributed by atoms with Crippen LogP contribution in [-0.4, -0.2) is 38.0 Å². The zero-order chi connectivity index (χ0) is 14.1. The molecular formula is C11H8BrN5O2S. The Kier molecular flexibility index (Phi) is 3.45. The number of nitrogens with zero attached hydrogens (tertiary/aromatic N) is 5. The largest absolute Gasteiger partial charge is 0.465 e. The predicted molar refractivity (Wildman–Crippen MR) is 76.3 cm³/mol. The van der Waals surface area contributed by atoms with Gasteiger partial charge in [-0.15, -0.1) is 16.4 Å². The molecule has 20 heavy (non-hydrogen) atoms. The third-order valence-corrected chi connectivity index (χ3v) is 4.27. The van der Waals surface area contributed by atoms with Crippen molar-refractivity contribution in [1.29, 1.82) is 0 Å². The van der Waals surface area contributed by atoms with Crippen LogP contribution in [0.4, 0.5) is 0 Å². The molecule has 0 aliphatic heterocycles. The average molecular weight is 354 g/mol. The molecule has 0 aromatic carbocycles. The van der Waals surface area contributed by atoms with Gasteiger partial charge < -0.3 is 4.74 Å². The van der Waals surface area contributed by atoms with Crippen molar-refractivity contribution in [2.45, 2.75) is 5.33 Å². The van der Waals surface area contributed by atoms with E-state index in [1.807, 2.05) is 0 Å². The summed E-state index contributed by atoms with van der Waals surface area (Å²) in [6.07, 6.45) is 4.77. The summed E-state index contributed by atoms with van der Waals surface area (Å²) >= 11 is 4.59. The first-order valence-electron chi connectivity index (χ1n) is 5.54. The van der Waals surface area contributed by atoms with E-state index in [-0.39, 0.29) is 0 Å². The molecule has 3 aromatic rings. The first-order valence-corrected chi connectivity index (χ1v) is 7.47. The van der Waals surface area contributed by atoms with Gasteiger partial charge >= 0.3 is 5.97 Å². The zero-order valence-electron chi connectivity index (χ0n) is 10.3. The van der Waals surface area contributed by atoms with Crippen LogP contribution in [0.25, 0.3) is 16.0 Å². The molecule has 3 heterocycles. The molecule has 0 amide bonds. The average Bonchev–Trinajstić information content (AvgIpc) is 3.09. The van der Waals surface area contributed by atoms with Crippen molar-refractivity contribution in [2.75, 3.05) is 7.11 Å². The zero-order valence-corrected chi connectivity index (χ0v) is 12.7. The van der Waals surface area contributed by atoms with E-state index < -0.39 is 5.97 Å². The molecule has 0 bridgehead atoms. The molecule has 102 valence electrons. The maximum absolute atomic E-state index is 12.0. The van der Waals surface area contributed by atoms with Gasteiger partial charge in [0.25, 0.3) is 0 Å². The van der Waals surface area contributed by atoms with Gasteiger partial charge in [0.05, 0.1) is 19.0 Å². The van der Waals surface area contributed by atoms with Crippen molar-refractivity contribution in [1.82, 2.24) is 25.0 Å². The standard InChI is InChI=1S/C11H8BrN5O2S/c1-19-11(18)9-8(17-6(4-12)5-15-16-17)7-10(20-9)14-3-2-13-7/h2-3,5H,4H2,1H3.